The van der Waals surface area contributed by atoms with E-state index in [1.165, 1.54) is 0 Å². The first kappa shape index (κ1) is 14.9. The molecule has 0 aliphatic heterocycles. The molecule has 0 aliphatic rings. The number of nitriles is 1. The van der Waals surface area contributed by atoms with E-state index in [4.69, 9.17) is 10.00 Å². The molecule has 0 atom stereocenters. The SMILES string of the molecule is COc1cccc(CNc2ccc(C(C)(C)C#N)cc2)c1. The van der Waals surface area contributed by atoms with Gasteiger partial charge in [-0.25, -0.2) is 0 Å². The van der Waals surface area contributed by atoms with Gasteiger partial charge in [-0.05, 0) is 49.2 Å². The molecule has 2 aromatic rings. The topological polar surface area (TPSA) is 45.0 Å². The Morgan fingerprint density at radius 3 is 2.48 bits per heavy atom. The molecule has 2 rings (SSSR count). The lowest BCUT2D eigenvalue weighted by Gasteiger charge is -2.16. The Hall–Kier alpha value is -2.47. The average molecular weight is 280 g/mol. The molecule has 0 unspecified atom stereocenters. The van der Waals surface area contributed by atoms with Crippen LogP contribution in [0, 0.1) is 11.3 Å². The zero-order valence-electron chi connectivity index (χ0n) is 12.7. The van der Waals surface area contributed by atoms with Crippen molar-refractivity contribution in [3.05, 3.63) is 59.7 Å². The Kier molecular flexibility index (Phi) is 4.49. The van der Waals surface area contributed by atoms with Crippen LogP contribution in [0.15, 0.2) is 48.5 Å². The van der Waals surface area contributed by atoms with Gasteiger partial charge in [0.2, 0.25) is 0 Å². The lowest BCUT2D eigenvalue weighted by atomic mass is 9.86. The zero-order valence-corrected chi connectivity index (χ0v) is 12.7. The van der Waals surface area contributed by atoms with E-state index in [2.05, 4.69) is 17.5 Å². The van der Waals surface area contributed by atoms with Crippen LogP contribution in [-0.4, -0.2) is 7.11 Å². The number of hydrogen-bond donors (Lipinski definition) is 1. The summed E-state index contributed by atoms with van der Waals surface area (Å²) in [5, 5.41) is 12.5. The van der Waals surface area contributed by atoms with Gasteiger partial charge in [-0.15, -0.1) is 0 Å². The van der Waals surface area contributed by atoms with Gasteiger partial charge in [0.1, 0.15) is 5.75 Å². The molecule has 0 radical (unpaired) electrons. The van der Waals surface area contributed by atoms with Crippen molar-refractivity contribution in [2.75, 3.05) is 12.4 Å². The molecule has 0 aliphatic carbocycles. The van der Waals surface area contributed by atoms with E-state index in [0.29, 0.717) is 0 Å². The number of anilines is 1. The van der Waals surface area contributed by atoms with Gasteiger partial charge < -0.3 is 10.1 Å². The Balaban J connectivity index is 2.02. The molecule has 0 saturated heterocycles. The number of rotatable bonds is 5. The highest BCUT2D eigenvalue weighted by atomic mass is 16.5. The van der Waals surface area contributed by atoms with Crippen molar-refractivity contribution in [2.45, 2.75) is 25.8 Å². The second kappa shape index (κ2) is 6.32. The fourth-order valence-corrected chi connectivity index (χ4v) is 2.06. The van der Waals surface area contributed by atoms with Gasteiger partial charge >= 0.3 is 0 Å². The molecule has 1 N–H and O–H groups in total. The summed E-state index contributed by atoms with van der Waals surface area (Å²) in [6, 6.07) is 18.3. The predicted octanol–water partition coefficient (Wildman–Crippen LogP) is 4.11. The van der Waals surface area contributed by atoms with Gasteiger partial charge in [0.25, 0.3) is 0 Å². The second-order valence-electron chi connectivity index (χ2n) is 5.52. The monoisotopic (exact) mass is 280 g/mol. The lowest BCUT2D eigenvalue weighted by molar-refractivity contribution is 0.414. The van der Waals surface area contributed by atoms with E-state index in [-0.39, 0.29) is 0 Å². The van der Waals surface area contributed by atoms with Gasteiger partial charge in [0.15, 0.2) is 0 Å². The first-order valence-corrected chi connectivity index (χ1v) is 6.94. The quantitative estimate of drug-likeness (QED) is 0.896. The molecule has 0 amide bonds. The maximum atomic E-state index is 9.14. The maximum Gasteiger partial charge on any atom is 0.119 e. The normalized spacial score (nSPS) is 10.8. The molecular weight excluding hydrogens is 260 g/mol. The van der Waals surface area contributed by atoms with Crippen LogP contribution in [0.4, 0.5) is 5.69 Å². The number of nitrogens with one attached hydrogen (secondary N) is 1. The minimum absolute atomic E-state index is 0.453. The summed E-state index contributed by atoms with van der Waals surface area (Å²) < 4.78 is 5.21. The largest absolute Gasteiger partial charge is 0.497 e. The molecule has 3 nitrogen and oxygen atoms in total. The molecule has 0 saturated carbocycles. The second-order valence-corrected chi connectivity index (χ2v) is 5.52. The van der Waals surface area contributed by atoms with Crippen LogP contribution >= 0.6 is 0 Å². The van der Waals surface area contributed by atoms with E-state index in [1.807, 2.05) is 56.3 Å². The molecule has 0 spiro atoms. The van der Waals surface area contributed by atoms with Crippen molar-refractivity contribution in [3.8, 4) is 11.8 Å². The van der Waals surface area contributed by atoms with E-state index >= 15 is 0 Å². The van der Waals surface area contributed by atoms with Crippen LogP contribution in [0.2, 0.25) is 0 Å². The Bertz CT molecular complexity index is 639. The number of methoxy groups -OCH3 is 1. The van der Waals surface area contributed by atoms with E-state index in [9.17, 15) is 0 Å². The molecular formula is C18H20N2O. The minimum atomic E-state index is -0.453. The fourth-order valence-electron chi connectivity index (χ4n) is 2.06. The highest BCUT2D eigenvalue weighted by molar-refractivity contribution is 5.47. The molecule has 3 heteroatoms. The Morgan fingerprint density at radius 2 is 1.86 bits per heavy atom. The smallest absolute Gasteiger partial charge is 0.119 e. The minimum Gasteiger partial charge on any atom is -0.497 e. The number of ether oxygens (including phenoxy) is 1. The first-order chi connectivity index (χ1) is 10.0. The van der Waals surface area contributed by atoms with Gasteiger partial charge in [-0.2, -0.15) is 5.26 Å². The summed E-state index contributed by atoms with van der Waals surface area (Å²) in [6.07, 6.45) is 0. The highest BCUT2D eigenvalue weighted by Crippen LogP contribution is 2.23. The Labute approximate surface area is 126 Å². The average Bonchev–Trinajstić information content (AvgIpc) is 2.53. The third kappa shape index (κ3) is 3.76. The molecule has 21 heavy (non-hydrogen) atoms. The van der Waals surface area contributed by atoms with Crippen molar-refractivity contribution < 1.29 is 4.74 Å². The predicted molar refractivity (Wildman–Crippen MR) is 85.4 cm³/mol. The highest BCUT2D eigenvalue weighted by Gasteiger charge is 2.18. The fraction of sp³-hybridized carbons (Fsp3) is 0.278. The molecule has 108 valence electrons. The third-order valence-electron chi connectivity index (χ3n) is 3.52. The first-order valence-electron chi connectivity index (χ1n) is 6.94. The van der Waals surface area contributed by atoms with Crippen molar-refractivity contribution >= 4 is 5.69 Å². The summed E-state index contributed by atoms with van der Waals surface area (Å²) in [6.45, 7) is 4.58. The van der Waals surface area contributed by atoms with Crippen LogP contribution in [-0.2, 0) is 12.0 Å². The van der Waals surface area contributed by atoms with E-state index in [0.717, 1.165) is 29.1 Å². The summed E-state index contributed by atoms with van der Waals surface area (Å²) >= 11 is 0. The van der Waals surface area contributed by atoms with Crippen LogP contribution in [0.1, 0.15) is 25.0 Å². The lowest BCUT2D eigenvalue weighted by Crippen LogP contribution is -2.13. The van der Waals surface area contributed by atoms with Crippen molar-refractivity contribution in [3.63, 3.8) is 0 Å². The Morgan fingerprint density at radius 1 is 1.14 bits per heavy atom. The van der Waals surface area contributed by atoms with Crippen LogP contribution < -0.4 is 10.1 Å². The van der Waals surface area contributed by atoms with Crippen LogP contribution in [0.25, 0.3) is 0 Å². The number of hydrogen-bond acceptors (Lipinski definition) is 3. The summed E-state index contributed by atoms with van der Waals surface area (Å²) in [7, 11) is 1.67. The molecule has 0 bridgehead atoms. The van der Waals surface area contributed by atoms with Gasteiger partial charge in [-0.1, -0.05) is 24.3 Å². The zero-order chi connectivity index (χ0) is 15.3. The van der Waals surface area contributed by atoms with E-state index < -0.39 is 5.41 Å². The van der Waals surface area contributed by atoms with Crippen LogP contribution in [0.3, 0.4) is 0 Å². The van der Waals surface area contributed by atoms with Crippen molar-refractivity contribution in [2.24, 2.45) is 0 Å². The number of benzene rings is 2. The van der Waals surface area contributed by atoms with Gasteiger partial charge in [-0.3, -0.25) is 0 Å². The van der Waals surface area contributed by atoms with Gasteiger partial charge in [0.05, 0.1) is 18.6 Å². The molecule has 2 aromatic carbocycles. The summed E-state index contributed by atoms with van der Waals surface area (Å²) in [5.41, 5.74) is 2.77. The maximum absolute atomic E-state index is 9.14. The summed E-state index contributed by atoms with van der Waals surface area (Å²) in [5.74, 6) is 0.861. The molecule has 0 fully saturated rings. The van der Waals surface area contributed by atoms with Gasteiger partial charge in [0, 0.05) is 12.2 Å². The molecule has 0 aromatic heterocycles. The van der Waals surface area contributed by atoms with Crippen LogP contribution in [0.5, 0.6) is 5.75 Å². The standard InChI is InChI=1S/C18H20N2O/c1-18(2,13-19)15-7-9-16(10-8-15)20-12-14-5-4-6-17(11-14)21-3/h4-11,20H,12H2,1-3H3. The number of nitrogens with zero attached hydrogens (tertiary/aromatic N) is 1. The molecule has 0 heterocycles. The van der Waals surface area contributed by atoms with Crippen molar-refractivity contribution in [1.29, 1.82) is 5.26 Å². The van der Waals surface area contributed by atoms with E-state index in [1.54, 1.807) is 7.11 Å². The third-order valence-corrected chi connectivity index (χ3v) is 3.52. The summed E-state index contributed by atoms with van der Waals surface area (Å²) in [4.78, 5) is 0. The van der Waals surface area contributed by atoms with Crippen molar-refractivity contribution in [1.82, 2.24) is 0 Å².